The van der Waals surface area contributed by atoms with Gasteiger partial charge in [-0.25, -0.2) is 4.57 Å². The third-order valence-corrected chi connectivity index (χ3v) is 3.90. The zero-order valence-corrected chi connectivity index (χ0v) is 16.3. The Labute approximate surface area is 137 Å². The Bertz CT molecular complexity index is 274. The van der Waals surface area contributed by atoms with Gasteiger partial charge in [-0.15, -0.1) is 0 Å². The van der Waals surface area contributed by atoms with Gasteiger partial charge in [-0.2, -0.15) is 0 Å². The van der Waals surface area contributed by atoms with E-state index < -0.39 is 7.82 Å². The second kappa shape index (κ2) is 14.6. The molecule has 0 saturated heterocycles. The molecule has 0 aromatic rings. The van der Waals surface area contributed by atoms with Crippen LogP contribution in [0.2, 0.25) is 0 Å². The molecule has 136 valence electrons. The second-order valence-corrected chi connectivity index (χ2v) is 8.22. The van der Waals surface area contributed by atoms with Crippen LogP contribution < -0.4 is 0 Å². The summed E-state index contributed by atoms with van der Waals surface area (Å²) in [5, 5.41) is 0. The third-order valence-electron chi connectivity index (χ3n) is 3.42. The fourth-order valence-corrected chi connectivity index (χ4v) is 2.07. The van der Waals surface area contributed by atoms with Crippen LogP contribution in [0, 0.1) is 0 Å². The minimum Gasteiger partial charge on any atom is -0.331 e. The zero-order valence-electron chi connectivity index (χ0n) is 15.4. The monoisotopic (exact) mass is 340 g/mol. The lowest BCUT2D eigenvalue weighted by Gasteiger charge is -2.23. The maximum Gasteiger partial charge on any atom is 0.469 e. The van der Waals surface area contributed by atoms with E-state index >= 15 is 0 Å². The molecule has 0 aliphatic heterocycles. The molecule has 2 N–H and O–H groups in total. The van der Waals surface area contributed by atoms with Crippen molar-refractivity contribution in [1.82, 2.24) is 0 Å². The molecule has 0 rings (SSSR count). The maximum atomic E-state index is 9.47. The topological polar surface area (TPSA) is 66.8 Å². The van der Waals surface area contributed by atoms with E-state index in [9.17, 15) is 4.57 Å². The molecule has 6 heteroatoms. The second-order valence-electron chi connectivity index (χ2n) is 6.87. The SMILES string of the molecule is CCCCCCCCCCCC[N+](C)(C)C.COP(=O)(O)O. The van der Waals surface area contributed by atoms with Crippen molar-refractivity contribution in [1.29, 1.82) is 0 Å². The van der Waals surface area contributed by atoms with Crippen LogP contribution in [0.4, 0.5) is 0 Å². The molecule has 0 saturated carbocycles. The highest BCUT2D eigenvalue weighted by atomic mass is 31.2. The summed E-state index contributed by atoms with van der Waals surface area (Å²) in [5.41, 5.74) is 0. The number of phosphoric acid groups is 1. The Morgan fingerprint density at radius 1 is 0.818 bits per heavy atom. The van der Waals surface area contributed by atoms with E-state index in [-0.39, 0.29) is 0 Å². The Morgan fingerprint density at radius 3 is 1.41 bits per heavy atom. The largest absolute Gasteiger partial charge is 0.469 e. The van der Waals surface area contributed by atoms with Gasteiger partial charge in [0.05, 0.1) is 27.7 Å². The van der Waals surface area contributed by atoms with Crippen LogP contribution in [0.15, 0.2) is 0 Å². The van der Waals surface area contributed by atoms with Crippen LogP contribution >= 0.6 is 7.82 Å². The maximum absolute atomic E-state index is 9.47. The summed E-state index contributed by atoms with van der Waals surface area (Å²) in [7, 11) is 3.65. The van der Waals surface area contributed by atoms with Gasteiger partial charge in [0.1, 0.15) is 0 Å². The Hall–Kier alpha value is 0.0700. The zero-order chi connectivity index (χ0) is 17.5. The highest BCUT2D eigenvalue weighted by Gasteiger charge is 2.07. The summed E-state index contributed by atoms with van der Waals surface area (Å²) >= 11 is 0. The van der Waals surface area contributed by atoms with E-state index in [0.717, 1.165) is 11.6 Å². The first-order chi connectivity index (χ1) is 10.1. The molecule has 0 unspecified atom stereocenters. The minimum absolute atomic E-state index is 0.945. The first kappa shape index (κ1) is 24.3. The number of nitrogens with zero attached hydrogens (tertiary/aromatic N) is 1. The summed E-state index contributed by atoms with van der Waals surface area (Å²) in [6.45, 7) is 3.62. The molecular formula is C16H39NO4P+. The molecule has 0 radical (unpaired) electrons. The van der Waals surface area contributed by atoms with Crippen molar-refractivity contribution in [3.63, 3.8) is 0 Å². The van der Waals surface area contributed by atoms with Gasteiger partial charge in [0.15, 0.2) is 0 Å². The van der Waals surface area contributed by atoms with Crippen LogP contribution in [0.25, 0.3) is 0 Å². The Balaban J connectivity index is 0. The Kier molecular flexibility index (Phi) is 16.2. The molecule has 0 spiro atoms. The highest BCUT2D eigenvalue weighted by Crippen LogP contribution is 2.33. The standard InChI is InChI=1S/C15H34N.CH5O4P/c1-5-6-7-8-9-10-11-12-13-14-15-16(2,3)4;1-5-6(2,3)4/h5-15H2,1-4H3;1H3,(H2,2,3,4)/q+1;. The summed E-state index contributed by atoms with van der Waals surface area (Å²) < 4.78 is 14.2. The molecule has 0 heterocycles. The first-order valence-electron chi connectivity index (χ1n) is 8.54. The van der Waals surface area contributed by atoms with Crippen LogP contribution in [-0.2, 0) is 9.09 Å². The lowest BCUT2D eigenvalue weighted by molar-refractivity contribution is -0.870. The van der Waals surface area contributed by atoms with Gasteiger partial charge < -0.3 is 14.3 Å². The van der Waals surface area contributed by atoms with E-state index in [4.69, 9.17) is 9.79 Å². The quantitative estimate of drug-likeness (QED) is 0.315. The molecule has 22 heavy (non-hydrogen) atoms. The summed E-state index contributed by atoms with van der Waals surface area (Å²) in [6.07, 6.45) is 14.4. The van der Waals surface area contributed by atoms with Crippen molar-refractivity contribution in [2.75, 3.05) is 34.8 Å². The predicted molar refractivity (Wildman–Crippen MR) is 93.8 cm³/mol. The molecule has 5 nitrogen and oxygen atoms in total. The van der Waals surface area contributed by atoms with E-state index in [1.807, 2.05) is 0 Å². The number of hydrogen-bond donors (Lipinski definition) is 2. The summed E-state index contributed by atoms with van der Waals surface area (Å²) in [5.74, 6) is 0. The lowest BCUT2D eigenvalue weighted by Crippen LogP contribution is -2.35. The Morgan fingerprint density at radius 2 is 1.14 bits per heavy atom. The van der Waals surface area contributed by atoms with Gasteiger partial charge in [0, 0.05) is 7.11 Å². The van der Waals surface area contributed by atoms with Gasteiger partial charge in [-0.3, -0.25) is 4.52 Å². The van der Waals surface area contributed by atoms with E-state index in [0.29, 0.717) is 0 Å². The normalized spacial score (nSPS) is 12.0. The van der Waals surface area contributed by atoms with E-state index in [1.165, 1.54) is 70.8 Å². The molecule has 0 fully saturated rings. The number of quaternary nitrogens is 1. The summed E-state index contributed by atoms with van der Waals surface area (Å²) in [6, 6.07) is 0. The lowest BCUT2D eigenvalue weighted by atomic mass is 10.1. The average molecular weight is 340 g/mol. The first-order valence-corrected chi connectivity index (χ1v) is 10.1. The predicted octanol–water partition coefficient (Wildman–Crippen LogP) is 4.34. The van der Waals surface area contributed by atoms with Crippen molar-refractivity contribution in [2.45, 2.75) is 71.1 Å². The molecule has 0 aliphatic carbocycles. The fourth-order valence-electron chi connectivity index (χ4n) is 2.07. The molecule has 0 bridgehead atoms. The molecule has 0 atom stereocenters. The fraction of sp³-hybridized carbons (Fsp3) is 1.00. The molecular weight excluding hydrogens is 301 g/mol. The van der Waals surface area contributed by atoms with Crippen LogP contribution in [0.1, 0.15) is 71.1 Å². The number of phosphoric ester groups is 1. The van der Waals surface area contributed by atoms with Crippen molar-refractivity contribution in [2.24, 2.45) is 0 Å². The highest BCUT2D eigenvalue weighted by molar-refractivity contribution is 7.46. The number of hydrogen-bond acceptors (Lipinski definition) is 2. The van der Waals surface area contributed by atoms with Gasteiger partial charge >= 0.3 is 7.82 Å². The number of rotatable bonds is 12. The smallest absolute Gasteiger partial charge is 0.331 e. The van der Waals surface area contributed by atoms with Crippen molar-refractivity contribution in [3.05, 3.63) is 0 Å². The van der Waals surface area contributed by atoms with Gasteiger partial charge in [-0.1, -0.05) is 58.3 Å². The van der Waals surface area contributed by atoms with Crippen LogP contribution in [0.3, 0.4) is 0 Å². The third kappa shape index (κ3) is 28.3. The van der Waals surface area contributed by atoms with Gasteiger partial charge in [-0.05, 0) is 12.8 Å². The van der Waals surface area contributed by atoms with Crippen molar-refractivity contribution in [3.8, 4) is 0 Å². The van der Waals surface area contributed by atoms with E-state index in [2.05, 4.69) is 32.6 Å². The van der Waals surface area contributed by atoms with Crippen LogP contribution in [0.5, 0.6) is 0 Å². The van der Waals surface area contributed by atoms with Crippen molar-refractivity contribution >= 4 is 7.82 Å². The molecule has 0 aromatic heterocycles. The molecule has 0 aromatic carbocycles. The molecule has 0 aliphatic rings. The van der Waals surface area contributed by atoms with Gasteiger partial charge in [0.25, 0.3) is 0 Å². The van der Waals surface area contributed by atoms with Gasteiger partial charge in [0.2, 0.25) is 0 Å². The number of unbranched alkanes of at least 4 members (excludes halogenated alkanes) is 9. The van der Waals surface area contributed by atoms with Crippen LogP contribution in [-0.4, -0.2) is 49.1 Å². The summed E-state index contributed by atoms with van der Waals surface area (Å²) in [4.78, 5) is 15.4. The average Bonchev–Trinajstić information content (AvgIpc) is 2.39. The van der Waals surface area contributed by atoms with Crippen molar-refractivity contribution < 1.29 is 23.4 Å². The van der Waals surface area contributed by atoms with E-state index in [1.54, 1.807) is 0 Å². The minimum atomic E-state index is -4.15. The molecule has 0 amide bonds.